The second-order valence-electron chi connectivity index (χ2n) is 3.71. The molecule has 11 heavy (non-hydrogen) atoms. The SMILES string of the molecule is C=C(C)CC1CCC(CC)N1. The highest BCUT2D eigenvalue weighted by atomic mass is 15.0. The summed E-state index contributed by atoms with van der Waals surface area (Å²) in [7, 11) is 0. The predicted octanol–water partition coefficient (Wildman–Crippen LogP) is 2.48. The van der Waals surface area contributed by atoms with Gasteiger partial charge in [-0.1, -0.05) is 12.5 Å². The van der Waals surface area contributed by atoms with Crippen molar-refractivity contribution >= 4 is 0 Å². The predicted molar refractivity (Wildman–Crippen MR) is 49.7 cm³/mol. The summed E-state index contributed by atoms with van der Waals surface area (Å²) in [6.07, 6.45) is 5.13. The minimum absolute atomic E-state index is 0.720. The maximum absolute atomic E-state index is 3.93. The topological polar surface area (TPSA) is 12.0 Å². The van der Waals surface area contributed by atoms with Crippen molar-refractivity contribution in [2.75, 3.05) is 0 Å². The summed E-state index contributed by atoms with van der Waals surface area (Å²) < 4.78 is 0. The van der Waals surface area contributed by atoms with E-state index in [-0.39, 0.29) is 0 Å². The van der Waals surface area contributed by atoms with Crippen LogP contribution in [0.3, 0.4) is 0 Å². The van der Waals surface area contributed by atoms with Crippen LogP contribution in [0.1, 0.15) is 39.5 Å². The number of rotatable bonds is 3. The zero-order valence-corrected chi connectivity index (χ0v) is 7.69. The normalized spacial score (nSPS) is 30.7. The Bertz CT molecular complexity index is 140. The molecule has 2 atom stereocenters. The van der Waals surface area contributed by atoms with Gasteiger partial charge in [-0.05, 0) is 32.6 Å². The molecule has 0 spiro atoms. The molecule has 1 saturated heterocycles. The van der Waals surface area contributed by atoms with E-state index >= 15 is 0 Å². The largest absolute Gasteiger partial charge is 0.311 e. The highest BCUT2D eigenvalue weighted by Gasteiger charge is 2.21. The summed E-state index contributed by atoms with van der Waals surface area (Å²) >= 11 is 0. The monoisotopic (exact) mass is 153 g/mol. The van der Waals surface area contributed by atoms with E-state index in [1.807, 2.05) is 0 Å². The van der Waals surface area contributed by atoms with Gasteiger partial charge in [-0.25, -0.2) is 0 Å². The van der Waals surface area contributed by atoms with Crippen molar-refractivity contribution in [1.82, 2.24) is 5.32 Å². The summed E-state index contributed by atoms with van der Waals surface area (Å²) in [6.45, 7) is 8.29. The van der Waals surface area contributed by atoms with Crippen molar-refractivity contribution < 1.29 is 0 Å². The van der Waals surface area contributed by atoms with E-state index in [1.54, 1.807) is 0 Å². The molecule has 1 heterocycles. The van der Waals surface area contributed by atoms with Gasteiger partial charge in [0, 0.05) is 12.1 Å². The van der Waals surface area contributed by atoms with Gasteiger partial charge in [0.05, 0.1) is 0 Å². The summed E-state index contributed by atoms with van der Waals surface area (Å²) in [5.74, 6) is 0. The average molecular weight is 153 g/mol. The summed E-state index contributed by atoms with van der Waals surface area (Å²) in [4.78, 5) is 0. The van der Waals surface area contributed by atoms with E-state index in [0.717, 1.165) is 18.5 Å². The molecular weight excluding hydrogens is 134 g/mol. The third-order valence-corrected chi connectivity index (χ3v) is 2.42. The Hall–Kier alpha value is -0.300. The lowest BCUT2D eigenvalue weighted by Crippen LogP contribution is -2.28. The Kier molecular flexibility index (Phi) is 3.13. The van der Waals surface area contributed by atoms with Crippen LogP contribution in [0.25, 0.3) is 0 Å². The molecule has 0 aromatic heterocycles. The van der Waals surface area contributed by atoms with Crippen molar-refractivity contribution in [3.05, 3.63) is 12.2 Å². The quantitative estimate of drug-likeness (QED) is 0.614. The van der Waals surface area contributed by atoms with E-state index in [4.69, 9.17) is 0 Å². The third-order valence-electron chi connectivity index (χ3n) is 2.42. The van der Waals surface area contributed by atoms with Crippen molar-refractivity contribution in [1.29, 1.82) is 0 Å². The fraction of sp³-hybridized carbons (Fsp3) is 0.800. The molecule has 0 aromatic rings. The molecule has 1 aliphatic rings. The first-order chi connectivity index (χ1) is 5.22. The lowest BCUT2D eigenvalue weighted by atomic mass is 10.1. The minimum atomic E-state index is 0.720. The molecule has 64 valence electrons. The maximum Gasteiger partial charge on any atom is 0.0107 e. The van der Waals surface area contributed by atoms with Crippen LogP contribution in [-0.4, -0.2) is 12.1 Å². The number of hydrogen-bond acceptors (Lipinski definition) is 1. The van der Waals surface area contributed by atoms with Crippen LogP contribution in [0.2, 0.25) is 0 Å². The molecular formula is C10H19N. The van der Waals surface area contributed by atoms with Gasteiger partial charge >= 0.3 is 0 Å². The minimum Gasteiger partial charge on any atom is -0.311 e. The van der Waals surface area contributed by atoms with E-state index in [0.29, 0.717) is 0 Å². The third kappa shape index (κ3) is 2.66. The van der Waals surface area contributed by atoms with Crippen LogP contribution in [0.15, 0.2) is 12.2 Å². The fourth-order valence-electron chi connectivity index (χ4n) is 1.81. The van der Waals surface area contributed by atoms with Gasteiger partial charge in [-0.3, -0.25) is 0 Å². The molecule has 0 radical (unpaired) electrons. The molecule has 0 amide bonds. The van der Waals surface area contributed by atoms with E-state index in [9.17, 15) is 0 Å². The van der Waals surface area contributed by atoms with Crippen LogP contribution in [0.4, 0.5) is 0 Å². The van der Waals surface area contributed by atoms with Gasteiger partial charge in [-0.2, -0.15) is 0 Å². The second-order valence-corrected chi connectivity index (χ2v) is 3.71. The highest BCUT2D eigenvalue weighted by Crippen LogP contribution is 2.19. The Morgan fingerprint density at radius 3 is 2.55 bits per heavy atom. The summed E-state index contributed by atoms with van der Waals surface area (Å²) in [5, 5.41) is 3.61. The van der Waals surface area contributed by atoms with Gasteiger partial charge < -0.3 is 5.32 Å². The fourth-order valence-corrected chi connectivity index (χ4v) is 1.81. The lowest BCUT2D eigenvalue weighted by Gasteiger charge is -2.12. The standard InChI is InChI=1S/C10H19N/c1-4-9-5-6-10(11-9)7-8(2)3/h9-11H,2,4-7H2,1,3H3. The summed E-state index contributed by atoms with van der Waals surface area (Å²) in [6, 6.07) is 1.50. The first-order valence-electron chi connectivity index (χ1n) is 4.62. The van der Waals surface area contributed by atoms with Gasteiger partial charge in [0.25, 0.3) is 0 Å². The van der Waals surface area contributed by atoms with Crippen molar-refractivity contribution in [3.8, 4) is 0 Å². The molecule has 0 aliphatic carbocycles. The zero-order valence-electron chi connectivity index (χ0n) is 7.69. The Labute approximate surface area is 69.9 Å². The van der Waals surface area contributed by atoms with Crippen molar-refractivity contribution in [2.24, 2.45) is 0 Å². The van der Waals surface area contributed by atoms with Gasteiger partial charge in [0.15, 0.2) is 0 Å². The van der Waals surface area contributed by atoms with E-state index in [1.165, 1.54) is 24.8 Å². The van der Waals surface area contributed by atoms with Crippen LogP contribution in [-0.2, 0) is 0 Å². The smallest absolute Gasteiger partial charge is 0.0107 e. The second kappa shape index (κ2) is 3.91. The molecule has 1 fully saturated rings. The molecule has 0 bridgehead atoms. The van der Waals surface area contributed by atoms with Crippen LogP contribution in [0, 0.1) is 0 Å². The van der Waals surface area contributed by atoms with Crippen LogP contribution in [0.5, 0.6) is 0 Å². The molecule has 1 aliphatic heterocycles. The first kappa shape index (κ1) is 8.79. The number of hydrogen-bond donors (Lipinski definition) is 1. The maximum atomic E-state index is 3.93. The molecule has 1 nitrogen and oxygen atoms in total. The molecule has 1 N–H and O–H groups in total. The Balaban J connectivity index is 2.24. The van der Waals surface area contributed by atoms with E-state index < -0.39 is 0 Å². The Morgan fingerprint density at radius 1 is 1.45 bits per heavy atom. The average Bonchev–Trinajstić information content (AvgIpc) is 2.34. The lowest BCUT2D eigenvalue weighted by molar-refractivity contribution is 0.523. The molecule has 2 unspecified atom stereocenters. The molecule has 0 aromatic carbocycles. The molecule has 1 rings (SSSR count). The number of nitrogens with one attached hydrogen (secondary N) is 1. The van der Waals surface area contributed by atoms with Gasteiger partial charge in [0.1, 0.15) is 0 Å². The van der Waals surface area contributed by atoms with Crippen molar-refractivity contribution in [2.45, 2.75) is 51.6 Å². The summed E-state index contributed by atoms with van der Waals surface area (Å²) in [5.41, 5.74) is 1.30. The van der Waals surface area contributed by atoms with Crippen LogP contribution < -0.4 is 5.32 Å². The van der Waals surface area contributed by atoms with Crippen molar-refractivity contribution in [3.63, 3.8) is 0 Å². The van der Waals surface area contributed by atoms with E-state index in [2.05, 4.69) is 25.7 Å². The zero-order chi connectivity index (χ0) is 8.27. The van der Waals surface area contributed by atoms with Gasteiger partial charge in [-0.15, -0.1) is 6.58 Å². The highest BCUT2D eigenvalue weighted by molar-refractivity contribution is 4.96. The Morgan fingerprint density at radius 2 is 2.09 bits per heavy atom. The molecule has 0 saturated carbocycles. The molecule has 1 heteroatoms. The van der Waals surface area contributed by atoms with Gasteiger partial charge in [0.2, 0.25) is 0 Å². The first-order valence-corrected chi connectivity index (χ1v) is 4.62. The van der Waals surface area contributed by atoms with Crippen LogP contribution >= 0.6 is 0 Å².